The first-order valence-electron chi connectivity index (χ1n) is 7.39. The number of β-amino-alcohol motifs (C(OH)–C–C–N with tert-alkyl or cyclic N) is 1. The molecule has 3 rings (SSSR count). The molecule has 1 unspecified atom stereocenters. The zero-order chi connectivity index (χ0) is 14.7. The van der Waals surface area contributed by atoms with E-state index in [0.717, 1.165) is 24.9 Å². The fourth-order valence-electron chi connectivity index (χ4n) is 3.09. The van der Waals surface area contributed by atoms with Crippen LogP contribution in [0.3, 0.4) is 0 Å². The van der Waals surface area contributed by atoms with E-state index in [1.165, 1.54) is 0 Å². The highest BCUT2D eigenvalue weighted by atomic mass is 16.7. The Kier molecular flexibility index (Phi) is 4.22. The summed E-state index contributed by atoms with van der Waals surface area (Å²) >= 11 is 0. The maximum absolute atomic E-state index is 10.4. The molecule has 1 atom stereocenters. The predicted molar refractivity (Wildman–Crippen MR) is 76.4 cm³/mol. The van der Waals surface area contributed by atoms with Gasteiger partial charge in [0, 0.05) is 13.0 Å². The van der Waals surface area contributed by atoms with Gasteiger partial charge in [-0.15, -0.1) is 0 Å². The molecule has 2 aliphatic heterocycles. The topological polar surface area (TPSA) is 65.7 Å². The minimum atomic E-state index is -0.561. The maximum atomic E-state index is 10.4. The van der Waals surface area contributed by atoms with Crippen LogP contribution in [0.2, 0.25) is 0 Å². The van der Waals surface area contributed by atoms with Gasteiger partial charge in [0.25, 0.3) is 0 Å². The van der Waals surface area contributed by atoms with E-state index >= 15 is 0 Å². The quantitative estimate of drug-likeness (QED) is 0.911. The average molecular weight is 288 g/mol. The highest BCUT2D eigenvalue weighted by molar-refractivity contribution is 5.32. The molecule has 0 bridgehead atoms. The van der Waals surface area contributed by atoms with Crippen LogP contribution < -0.4 is 0 Å². The lowest BCUT2D eigenvalue weighted by Gasteiger charge is -2.39. The molecule has 2 saturated heterocycles. The van der Waals surface area contributed by atoms with Crippen molar-refractivity contribution in [2.24, 2.45) is 0 Å². The Morgan fingerprint density at radius 3 is 2.67 bits per heavy atom. The van der Waals surface area contributed by atoms with Crippen molar-refractivity contribution in [2.45, 2.75) is 24.7 Å². The third-order valence-electron chi connectivity index (χ3n) is 4.17. The van der Waals surface area contributed by atoms with E-state index in [9.17, 15) is 5.11 Å². The molecule has 2 fully saturated rings. The molecule has 112 valence electrons. The number of hydrogen-bond acceptors (Lipinski definition) is 5. The molecule has 1 aromatic carbocycles. The highest BCUT2D eigenvalue weighted by Gasteiger charge is 2.40. The van der Waals surface area contributed by atoms with Crippen LogP contribution in [0, 0.1) is 11.3 Å². The Balaban J connectivity index is 1.61. The number of rotatable bonds is 3. The Hall–Kier alpha value is -1.45. The zero-order valence-electron chi connectivity index (χ0n) is 12.0. The first-order chi connectivity index (χ1) is 10.2. The van der Waals surface area contributed by atoms with E-state index in [2.05, 4.69) is 11.0 Å². The van der Waals surface area contributed by atoms with Crippen LogP contribution in [0.15, 0.2) is 24.3 Å². The standard InChI is InChI=1S/C16H20N2O3/c17-10-13-2-4-14(5-3-13)15(19)11-18-7-1-6-16(12-18)20-8-9-21-16/h2-5,15,19H,1,6-9,11-12H2. The van der Waals surface area contributed by atoms with E-state index in [1.54, 1.807) is 12.1 Å². The Labute approximate surface area is 124 Å². The largest absolute Gasteiger partial charge is 0.387 e. The molecule has 0 saturated carbocycles. The van der Waals surface area contributed by atoms with Crippen LogP contribution in [0.4, 0.5) is 0 Å². The summed E-state index contributed by atoms with van der Waals surface area (Å²) in [7, 11) is 0. The third kappa shape index (κ3) is 3.25. The maximum Gasteiger partial charge on any atom is 0.181 e. The van der Waals surface area contributed by atoms with Gasteiger partial charge in [0.2, 0.25) is 0 Å². The van der Waals surface area contributed by atoms with E-state index in [4.69, 9.17) is 14.7 Å². The van der Waals surface area contributed by atoms with Crippen molar-refractivity contribution < 1.29 is 14.6 Å². The minimum Gasteiger partial charge on any atom is -0.387 e. The number of nitriles is 1. The van der Waals surface area contributed by atoms with Crippen molar-refractivity contribution >= 4 is 0 Å². The van der Waals surface area contributed by atoms with E-state index in [1.807, 2.05) is 12.1 Å². The van der Waals surface area contributed by atoms with Crippen molar-refractivity contribution in [1.82, 2.24) is 4.90 Å². The summed E-state index contributed by atoms with van der Waals surface area (Å²) in [6, 6.07) is 9.18. The molecule has 1 N–H and O–H groups in total. The fourth-order valence-corrected chi connectivity index (χ4v) is 3.09. The van der Waals surface area contributed by atoms with Crippen LogP contribution in [-0.2, 0) is 9.47 Å². The summed E-state index contributed by atoms with van der Waals surface area (Å²) < 4.78 is 11.5. The highest BCUT2D eigenvalue weighted by Crippen LogP contribution is 2.30. The first kappa shape index (κ1) is 14.5. The van der Waals surface area contributed by atoms with Gasteiger partial charge < -0.3 is 14.6 Å². The zero-order valence-corrected chi connectivity index (χ0v) is 12.0. The SMILES string of the molecule is N#Cc1ccc(C(O)CN2CCCC3(C2)OCCO3)cc1. The number of piperidine rings is 1. The lowest BCUT2D eigenvalue weighted by Crippen LogP contribution is -2.49. The summed E-state index contributed by atoms with van der Waals surface area (Å²) in [6.45, 7) is 3.53. The van der Waals surface area contributed by atoms with Crippen molar-refractivity contribution in [3.63, 3.8) is 0 Å². The summed E-state index contributed by atoms with van der Waals surface area (Å²) in [5.74, 6) is -0.456. The van der Waals surface area contributed by atoms with Gasteiger partial charge in [0.05, 0.1) is 37.5 Å². The molecule has 2 aliphatic rings. The van der Waals surface area contributed by atoms with Crippen molar-refractivity contribution in [3.8, 4) is 6.07 Å². The van der Waals surface area contributed by atoms with Gasteiger partial charge in [0.1, 0.15) is 0 Å². The first-order valence-corrected chi connectivity index (χ1v) is 7.39. The van der Waals surface area contributed by atoms with E-state index in [-0.39, 0.29) is 0 Å². The van der Waals surface area contributed by atoms with Crippen molar-refractivity contribution in [2.75, 3.05) is 32.8 Å². The van der Waals surface area contributed by atoms with Crippen LogP contribution in [-0.4, -0.2) is 48.6 Å². The molecule has 2 heterocycles. The van der Waals surface area contributed by atoms with Gasteiger partial charge in [-0.3, -0.25) is 4.90 Å². The number of hydrogen-bond donors (Lipinski definition) is 1. The number of ether oxygens (including phenoxy) is 2. The van der Waals surface area contributed by atoms with Gasteiger partial charge >= 0.3 is 0 Å². The van der Waals surface area contributed by atoms with Crippen LogP contribution in [0.5, 0.6) is 0 Å². The van der Waals surface area contributed by atoms with Crippen molar-refractivity contribution in [1.29, 1.82) is 5.26 Å². The molecule has 1 aromatic rings. The van der Waals surface area contributed by atoms with Gasteiger partial charge in [-0.1, -0.05) is 12.1 Å². The van der Waals surface area contributed by atoms with Crippen molar-refractivity contribution in [3.05, 3.63) is 35.4 Å². The molecule has 0 aliphatic carbocycles. The minimum absolute atomic E-state index is 0.456. The molecule has 0 radical (unpaired) electrons. The molecule has 5 heteroatoms. The lowest BCUT2D eigenvalue weighted by atomic mass is 10.0. The second kappa shape index (κ2) is 6.12. The molecule has 1 spiro atoms. The number of nitrogens with zero attached hydrogens (tertiary/aromatic N) is 2. The molecule has 0 aromatic heterocycles. The molecular weight excluding hydrogens is 268 g/mol. The molecule has 0 amide bonds. The van der Waals surface area contributed by atoms with Crippen LogP contribution in [0.1, 0.15) is 30.1 Å². The van der Waals surface area contributed by atoms with Crippen LogP contribution >= 0.6 is 0 Å². The predicted octanol–water partition coefficient (Wildman–Crippen LogP) is 1.43. The second-order valence-electron chi connectivity index (χ2n) is 5.70. The monoisotopic (exact) mass is 288 g/mol. The normalized spacial score (nSPS) is 23.0. The van der Waals surface area contributed by atoms with Gasteiger partial charge in [0.15, 0.2) is 5.79 Å². The average Bonchev–Trinajstić information content (AvgIpc) is 2.95. The summed E-state index contributed by atoms with van der Waals surface area (Å²) in [5, 5.41) is 19.2. The number of benzene rings is 1. The van der Waals surface area contributed by atoms with Crippen LogP contribution in [0.25, 0.3) is 0 Å². The summed E-state index contributed by atoms with van der Waals surface area (Å²) in [5.41, 5.74) is 1.44. The van der Waals surface area contributed by atoms with Gasteiger partial charge in [-0.25, -0.2) is 0 Å². The smallest absolute Gasteiger partial charge is 0.181 e. The number of aliphatic hydroxyl groups excluding tert-OH is 1. The van der Waals surface area contributed by atoms with E-state index < -0.39 is 11.9 Å². The second-order valence-corrected chi connectivity index (χ2v) is 5.70. The molecule has 21 heavy (non-hydrogen) atoms. The fraction of sp³-hybridized carbons (Fsp3) is 0.562. The van der Waals surface area contributed by atoms with Gasteiger partial charge in [-0.05, 0) is 30.7 Å². The van der Waals surface area contributed by atoms with E-state index in [0.29, 0.717) is 31.9 Å². The summed E-state index contributed by atoms with van der Waals surface area (Å²) in [4.78, 5) is 2.19. The Bertz CT molecular complexity index is 517. The third-order valence-corrected chi connectivity index (χ3v) is 4.17. The number of likely N-dealkylation sites (tertiary alicyclic amines) is 1. The Morgan fingerprint density at radius 1 is 1.29 bits per heavy atom. The Morgan fingerprint density at radius 2 is 2.00 bits per heavy atom. The number of aliphatic hydroxyl groups is 1. The summed E-state index contributed by atoms with van der Waals surface area (Å²) in [6.07, 6.45) is 1.38. The van der Waals surface area contributed by atoms with Gasteiger partial charge in [-0.2, -0.15) is 5.26 Å². The molecule has 5 nitrogen and oxygen atoms in total. The molecular formula is C16H20N2O3. The lowest BCUT2D eigenvalue weighted by molar-refractivity contribution is -0.191.